The number of ether oxygens (including phenoxy) is 2. The molecule has 0 N–H and O–H groups in total. The van der Waals surface area contributed by atoms with Gasteiger partial charge in [-0.05, 0) is 63.4 Å². The van der Waals surface area contributed by atoms with E-state index >= 15 is 0 Å². The quantitative estimate of drug-likeness (QED) is 0.673. The van der Waals surface area contributed by atoms with E-state index in [0.717, 1.165) is 5.56 Å². The normalized spacial score (nSPS) is 18.0. The number of benzene rings is 1. The standard InChI is InChI=1S/C9H8I2O2/c10-6-1-2-8(11)7(5-6)9-12-3-4-13-9/h1-2,5,9H,3-4H2. The van der Waals surface area contributed by atoms with Crippen molar-refractivity contribution in [2.45, 2.75) is 6.29 Å². The second kappa shape index (κ2) is 4.41. The van der Waals surface area contributed by atoms with Crippen LogP contribution in [0.4, 0.5) is 0 Å². The highest BCUT2D eigenvalue weighted by atomic mass is 127. The summed E-state index contributed by atoms with van der Waals surface area (Å²) in [6.07, 6.45) is -0.151. The molecule has 0 aromatic heterocycles. The maximum atomic E-state index is 5.44. The summed E-state index contributed by atoms with van der Waals surface area (Å²) < 4.78 is 13.3. The van der Waals surface area contributed by atoms with Gasteiger partial charge in [0.2, 0.25) is 0 Å². The molecule has 1 aromatic carbocycles. The van der Waals surface area contributed by atoms with Gasteiger partial charge in [-0.2, -0.15) is 0 Å². The average Bonchev–Trinajstić information content (AvgIpc) is 2.61. The van der Waals surface area contributed by atoms with Crippen LogP contribution in [0.2, 0.25) is 0 Å². The summed E-state index contributed by atoms with van der Waals surface area (Å²) >= 11 is 4.60. The van der Waals surface area contributed by atoms with Crippen molar-refractivity contribution in [3.63, 3.8) is 0 Å². The largest absolute Gasteiger partial charge is 0.346 e. The van der Waals surface area contributed by atoms with Crippen molar-refractivity contribution in [2.24, 2.45) is 0 Å². The third-order valence-corrected chi connectivity index (χ3v) is 3.49. The lowest BCUT2D eigenvalue weighted by Crippen LogP contribution is -2.00. The Morgan fingerprint density at radius 2 is 1.85 bits per heavy atom. The van der Waals surface area contributed by atoms with Gasteiger partial charge in [-0.3, -0.25) is 0 Å². The summed E-state index contributed by atoms with van der Waals surface area (Å²) in [7, 11) is 0. The molecule has 70 valence electrons. The van der Waals surface area contributed by atoms with Crippen LogP contribution >= 0.6 is 45.2 Å². The van der Waals surface area contributed by atoms with Crippen LogP contribution in [0.3, 0.4) is 0 Å². The van der Waals surface area contributed by atoms with E-state index in [1.807, 2.05) is 0 Å². The molecule has 2 rings (SSSR count). The van der Waals surface area contributed by atoms with Gasteiger partial charge in [0.1, 0.15) is 0 Å². The molecule has 13 heavy (non-hydrogen) atoms. The van der Waals surface area contributed by atoms with Crippen LogP contribution in [-0.4, -0.2) is 13.2 Å². The van der Waals surface area contributed by atoms with Gasteiger partial charge in [-0.25, -0.2) is 0 Å². The molecule has 1 aromatic rings. The first-order chi connectivity index (χ1) is 6.27. The van der Waals surface area contributed by atoms with Gasteiger partial charge in [0, 0.05) is 12.7 Å². The van der Waals surface area contributed by atoms with Crippen LogP contribution in [0.5, 0.6) is 0 Å². The summed E-state index contributed by atoms with van der Waals surface area (Å²) in [5.74, 6) is 0. The Hall–Kier alpha value is 0.600. The Balaban J connectivity index is 2.32. The summed E-state index contributed by atoms with van der Waals surface area (Å²) in [5.41, 5.74) is 1.14. The van der Waals surface area contributed by atoms with Crippen LogP contribution < -0.4 is 0 Å². The SMILES string of the molecule is Ic1ccc(I)c(C2OCCO2)c1. The summed E-state index contributed by atoms with van der Waals surface area (Å²) in [5, 5.41) is 0. The molecule has 0 unspecified atom stereocenters. The lowest BCUT2D eigenvalue weighted by molar-refractivity contribution is -0.0447. The molecule has 1 fully saturated rings. The van der Waals surface area contributed by atoms with Crippen LogP contribution in [0.25, 0.3) is 0 Å². The molecular formula is C9H8I2O2. The maximum Gasteiger partial charge on any atom is 0.185 e. The van der Waals surface area contributed by atoms with E-state index in [2.05, 4.69) is 63.4 Å². The number of hydrogen-bond donors (Lipinski definition) is 0. The first kappa shape index (κ1) is 10.1. The molecule has 0 bridgehead atoms. The zero-order valence-electron chi connectivity index (χ0n) is 6.80. The number of hydrogen-bond acceptors (Lipinski definition) is 2. The van der Waals surface area contributed by atoms with Gasteiger partial charge >= 0.3 is 0 Å². The van der Waals surface area contributed by atoms with Gasteiger partial charge in [-0.1, -0.05) is 0 Å². The first-order valence-corrected chi connectivity index (χ1v) is 6.11. The zero-order valence-corrected chi connectivity index (χ0v) is 11.1. The Morgan fingerprint density at radius 3 is 2.54 bits per heavy atom. The number of rotatable bonds is 1. The highest BCUT2D eigenvalue weighted by molar-refractivity contribution is 14.1. The monoisotopic (exact) mass is 402 g/mol. The molecule has 0 aliphatic carbocycles. The van der Waals surface area contributed by atoms with Crippen molar-refractivity contribution in [3.05, 3.63) is 30.9 Å². The highest BCUT2D eigenvalue weighted by Gasteiger charge is 2.20. The Kier molecular flexibility index (Phi) is 3.44. The van der Waals surface area contributed by atoms with Crippen LogP contribution in [0.1, 0.15) is 11.9 Å². The third-order valence-electron chi connectivity index (χ3n) is 1.83. The van der Waals surface area contributed by atoms with E-state index in [4.69, 9.17) is 9.47 Å². The lowest BCUT2D eigenvalue weighted by atomic mass is 10.2. The van der Waals surface area contributed by atoms with E-state index in [1.54, 1.807) is 0 Å². The Bertz CT molecular complexity index is 308. The molecule has 0 atom stereocenters. The zero-order chi connectivity index (χ0) is 9.26. The van der Waals surface area contributed by atoms with Crippen molar-refractivity contribution in [1.29, 1.82) is 0 Å². The van der Waals surface area contributed by atoms with E-state index in [9.17, 15) is 0 Å². The highest BCUT2D eigenvalue weighted by Crippen LogP contribution is 2.28. The smallest absolute Gasteiger partial charge is 0.185 e. The molecule has 1 aliphatic heterocycles. The van der Waals surface area contributed by atoms with Gasteiger partial charge in [-0.15, -0.1) is 0 Å². The predicted octanol–water partition coefficient (Wildman–Crippen LogP) is 2.94. The molecule has 1 aliphatic rings. The minimum Gasteiger partial charge on any atom is -0.346 e. The molecule has 1 saturated heterocycles. The molecule has 0 spiro atoms. The van der Waals surface area contributed by atoms with Gasteiger partial charge in [0.15, 0.2) is 6.29 Å². The van der Waals surface area contributed by atoms with Gasteiger partial charge in [0.05, 0.1) is 13.2 Å². The van der Waals surface area contributed by atoms with Crippen LogP contribution in [-0.2, 0) is 9.47 Å². The third kappa shape index (κ3) is 2.34. The van der Waals surface area contributed by atoms with Crippen molar-refractivity contribution < 1.29 is 9.47 Å². The van der Waals surface area contributed by atoms with Crippen LogP contribution in [0.15, 0.2) is 18.2 Å². The average molecular weight is 402 g/mol. The minimum atomic E-state index is -0.151. The lowest BCUT2D eigenvalue weighted by Gasteiger charge is -2.11. The Labute approximate surface area is 104 Å². The van der Waals surface area contributed by atoms with E-state index in [1.165, 1.54) is 7.14 Å². The summed E-state index contributed by atoms with van der Waals surface area (Å²) in [6.45, 7) is 1.40. The van der Waals surface area contributed by atoms with E-state index in [-0.39, 0.29) is 6.29 Å². The van der Waals surface area contributed by atoms with Crippen molar-refractivity contribution in [2.75, 3.05) is 13.2 Å². The molecule has 1 heterocycles. The maximum absolute atomic E-state index is 5.44. The second-order valence-corrected chi connectivity index (χ2v) is 5.15. The topological polar surface area (TPSA) is 18.5 Å². The van der Waals surface area contributed by atoms with Crippen LogP contribution in [0, 0.1) is 7.14 Å². The molecular weight excluding hydrogens is 394 g/mol. The van der Waals surface area contributed by atoms with E-state index < -0.39 is 0 Å². The summed E-state index contributed by atoms with van der Waals surface area (Å²) in [4.78, 5) is 0. The molecule has 0 amide bonds. The fourth-order valence-electron chi connectivity index (χ4n) is 1.23. The van der Waals surface area contributed by atoms with Gasteiger partial charge < -0.3 is 9.47 Å². The summed E-state index contributed by atoms with van der Waals surface area (Å²) in [6, 6.07) is 6.28. The second-order valence-electron chi connectivity index (χ2n) is 2.74. The molecule has 0 saturated carbocycles. The Morgan fingerprint density at radius 1 is 1.15 bits per heavy atom. The first-order valence-electron chi connectivity index (χ1n) is 3.95. The van der Waals surface area contributed by atoms with E-state index in [0.29, 0.717) is 13.2 Å². The van der Waals surface area contributed by atoms with Crippen molar-refractivity contribution >= 4 is 45.2 Å². The van der Waals surface area contributed by atoms with Gasteiger partial charge in [0.25, 0.3) is 0 Å². The number of halogens is 2. The fraction of sp³-hybridized carbons (Fsp3) is 0.333. The predicted molar refractivity (Wildman–Crippen MR) is 66.5 cm³/mol. The molecule has 0 radical (unpaired) electrons. The van der Waals surface area contributed by atoms with Crippen molar-refractivity contribution in [1.82, 2.24) is 0 Å². The minimum absolute atomic E-state index is 0.151. The molecule has 4 heteroatoms. The van der Waals surface area contributed by atoms with Crippen molar-refractivity contribution in [3.8, 4) is 0 Å². The fourth-order valence-corrected chi connectivity index (χ4v) is 2.34. The molecule has 2 nitrogen and oxygen atoms in total.